The molecule has 0 spiro atoms. The van der Waals surface area contributed by atoms with Crippen molar-refractivity contribution in [3.05, 3.63) is 35.3 Å². The fourth-order valence-corrected chi connectivity index (χ4v) is 5.44. The Hall–Kier alpha value is -2.79. The van der Waals surface area contributed by atoms with E-state index in [0.29, 0.717) is 42.4 Å². The van der Waals surface area contributed by atoms with Crippen molar-refractivity contribution in [1.82, 2.24) is 15.3 Å². The molecule has 172 valence electrons. The van der Waals surface area contributed by atoms with E-state index < -0.39 is 26.4 Å². The maximum Gasteiger partial charge on any atom is 0.319 e. The number of aromatic nitrogens is 2. The average Bonchev–Trinajstić information content (AvgIpc) is 2.93. The number of nitrogens with zero attached hydrogens (tertiary/aromatic N) is 3. The average molecular weight is 464 g/mol. The van der Waals surface area contributed by atoms with Crippen molar-refractivity contribution < 1.29 is 22.3 Å². The van der Waals surface area contributed by atoms with Crippen molar-refractivity contribution >= 4 is 27.4 Å². The normalized spacial score (nSPS) is 21.2. The highest BCUT2D eigenvalue weighted by atomic mass is 32.2. The standard InChI is InChI=1S/C21H26FN5O4S/c1-12-10-31-8-7-27(12)19-14-11-32(29,30)21(2,3)17(14)25-18(26-19)13-5-6-16(15(22)9-13)24-20(28)23-4/h5-6,9,12H,7-8,10-11H2,1-4H3,(H2,23,24,28)/t12-/m0/s1. The van der Waals surface area contributed by atoms with Gasteiger partial charge in [0.25, 0.3) is 0 Å². The fraction of sp³-hybridized carbons (Fsp3) is 0.476. The Morgan fingerprint density at radius 3 is 2.72 bits per heavy atom. The Morgan fingerprint density at radius 1 is 1.31 bits per heavy atom. The maximum absolute atomic E-state index is 14.7. The number of benzene rings is 1. The van der Waals surface area contributed by atoms with Gasteiger partial charge in [0.2, 0.25) is 0 Å². The maximum atomic E-state index is 14.7. The van der Waals surface area contributed by atoms with Crippen LogP contribution in [-0.2, 0) is 25.1 Å². The first-order valence-electron chi connectivity index (χ1n) is 10.3. The van der Waals surface area contributed by atoms with Crippen molar-refractivity contribution in [2.45, 2.75) is 37.3 Å². The number of ether oxygens (including phenoxy) is 1. The molecule has 2 amide bonds. The smallest absolute Gasteiger partial charge is 0.319 e. The number of anilines is 2. The summed E-state index contributed by atoms with van der Waals surface area (Å²) in [6, 6.07) is 3.71. The lowest BCUT2D eigenvalue weighted by Crippen LogP contribution is -2.44. The van der Waals surface area contributed by atoms with E-state index in [4.69, 9.17) is 9.72 Å². The number of urea groups is 1. The minimum atomic E-state index is -3.48. The van der Waals surface area contributed by atoms with Crippen LogP contribution in [0.5, 0.6) is 0 Å². The monoisotopic (exact) mass is 463 g/mol. The largest absolute Gasteiger partial charge is 0.377 e. The van der Waals surface area contributed by atoms with Crippen molar-refractivity contribution in [1.29, 1.82) is 0 Å². The summed E-state index contributed by atoms with van der Waals surface area (Å²) in [4.78, 5) is 22.8. The molecule has 1 saturated heterocycles. The predicted molar refractivity (Wildman–Crippen MR) is 119 cm³/mol. The molecule has 0 saturated carbocycles. The third kappa shape index (κ3) is 3.69. The number of rotatable bonds is 3. The Bertz CT molecular complexity index is 1180. The van der Waals surface area contributed by atoms with Crippen LogP contribution in [0, 0.1) is 5.82 Å². The van der Waals surface area contributed by atoms with Gasteiger partial charge in [0.15, 0.2) is 15.7 Å². The highest BCUT2D eigenvalue weighted by Crippen LogP contribution is 2.45. The minimum absolute atomic E-state index is 0.00196. The van der Waals surface area contributed by atoms with E-state index in [9.17, 15) is 17.6 Å². The third-order valence-corrected chi connectivity index (χ3v) is 8.43. The summed E-state index contributed by atoms with van der Waals surface area (Å²) in [7, 11) is -2.05. The van der Waals surface area contributed by atoms with Crippen LogP contribution in [0.4, 0.5) is 20.7 Å². The molecular weight excluding hydrogens is 437 g/mol. The van der Waals surface area contributed by atoms with E-state index in [0.717, 1.165) is 0 Å². The van der Waals surface area contributed by atoms with E-state index in [1.807, 2.05) is 11.8 Å². The zero-order chi connectivity index (χ0) is 23.3. The molecule has 2 N–H and O–H groups in total. The molecule has 1 fully saturated rings. The van der Waals surface area contributed by atoms with Crippen LogP contribution in [0.2, 0.25) is 0 Å². The Labute approximate surface area is 186 Å². The second kappa shape index (κ2) is 7.96. The second-order valence-corrected chi connectivity index (χ2v) is 11.0. The number of nitrogens with one attached hydrogen (secondary N) is 2. The van der Waals surface area contributed by atoms with Gasteiger partial charge in [-0.1, -0.05) is 0 Å². The van der Waals surface area contributed by atoms with Gasteiger partial charge in [-0.05, 0) is 39.0 Å². The number of carbonyl (C=O) groups is 1. The molecule has 3 heterocycles. The summed E-state index contributed by atoms with van der Waals surface area (Å²) in [5, 5.41) is 4.77. The predicted octanol–water partition coefficient (Wildman–Crippen LogP) is 2.42. The zero-order valence-corrected chi connectivity index (χ0v) is 19.2. The highest BCUT2D eigenvalue weighted by molar-refractivity contribution is 7.91. The van der Waals surface area contributed by atoms with Gasteiger partial charge in [-0.15, -0.1) is 0 Å². The lowest BCUT2D eigenvalue weighted by Gasteiger charge is -2.35. The molecule has 4 rings (SSSR count). The number of amides is 2. The molecular formula is C21H26FN5O4S. The number of carbonyl (C=O) groups excluding carboxylic acids is 1. The molecule has 2 aliphatic rings. The van der Waals surface area contributed by atoms with Gasteiger partial charge < -0.3 is 20.3 Å². The first kappa shape index (κ1) is 22.4. The van der Waals surface area contributed by atoms with Crippen LogP contribution in [0.25, 0.3) is 11.4 Å². The number of sulfone groups is 1. The van der Waals surface area contributed by atoms with Crippen molar-refractivity contribution in [3.8, 4) is 11.4 Å². The van der Waals surface area contributed by atoms with Crippen LogP contribution in [-0.4, -0.2) is 57.3 Å². The van der Waals surface area contributed by atoms with Crippen LogP contribution in [0.3, 0.4) is 0 Å². The molecule has 0 aliphatic carbocycles. The van der Waals surface area contributed by atoms with E-state index in [-0.39, 0.29) is 23.3 Å². The lowest BCUT2D eigenvalue weighted by molar-refractivity contribution is 0.0984. The number of hydrogen-bond acceptors (Lipinski definition) is 7. The molecule has 0 bridgehead atoms. The molecule has 0 unspecified atom stereocenters. The van der Waals surface area contributed by atoms with Crippen LogP contribution >= 0.6 is 0 Å². The Kier molecular flexibility index (Phi) is 5.58. The van der Waals surface area contributed by atoms with E-state index >= 15 is 0 Å². The summed E-state index contributed by atoms with van der Waals surface area (Å²) in [6.07, 6.45) is 0. The minimum Gasteiger partial charge on any atom is -0.377 e. The van der Waals surface area contributed by atoms with E-state index in [1.165, 1.54) is 19.2 Å². The zero-order valence-electron chi connectivity index (χ0n) is 18.4. The summed E-state index contributed by atoms with van der Waals surface area (Å²) in [5.41, 5.74) is 1.42. The van der Waals surface area contributed by atoms with Gasteiger partial charge in [0.05, 0.1) is 36.4 Å². The number of morpholine rings is 1. The number of halogens is 1. The SMILES string of the molecule is CNC(=O)Nc1ccc(-c2nc(N3CCOC[C@@H]3C)c3c(n2)C(C)(C)S(=O)(=O)C3)cc1F. The van der Waals surface area contributed by atoms with Crippen LogP contribution < -0.4 is 15.5 Å². The third-order valence-electron chi connectivity index (χ3n) is 6.01. The Balaban J connectivity index is 1.85. The van der Waals surface area contributed by atoms with Crippen LogP contribution in [0.15, 0.2) is 18.2 Å². The molecule has 32 heavy (non-hydrogen) atoms. The summed E-state index contributed by atoms with van der Waals surface area (Å²) < 4.78 is 44.8. The molecule has 0 radical (unpaired) electrons. The van der Waals surface area contributed by atoms with Crippen molar-refractivity contribution in [2.24, 2.45) is 0 Å². The van der Waals surface area contributed by atoms with Crippen molar-refractivity contribution in [2.75, 3.05) is 37.0 Å². The Morgan fingerprint density at radius 2 is 2.06 bits per heavy atom. The van der Waals surface area contributed by atoms with Gasteiger partial charge in [-0.2, -0.15) is 0 Å². The molecule has 11 heteroatoms. The fourth-order valence-electron chi connectivity index (χ4n) is 3.97. The summed E-state index contributed by atoms with van der Waals surface area (Å²) >= 11 is 0. The van der Waals surface area contributed by atoms with Crippen LogP contribution in [0.1, 0.15) is 32.0 Å². The molecule has 1 atom stereocenters. The first-order chi connectivity index (χ1) is 15.0. The molecule has 1 aromatic carbocycles. The molecule has 2 aliphatic heterocycles. The second-order valence-electron chi connectivity index (χ2n) is 8.48. The first-order valence-corrected chi connectivity index (χ1v) is 12.0. The van der Waals surface area contributed by atoms with Crippen molar-refractivity contribution in [3.63, 3.8) is 0 Å². The van der Waals surface area contributed by atoms with Gasteiger partial charge in [0, 0.05) is 24.7 Å². The molecule has 2 aromatic rings. The van der Waals surface area contributed by atoms with Gasteiger partial charge in [-0.25, -0.2) is 27.6 Å². The number of fused-ring (bicyclic) bond motifs is 1. The quantitative estimate of drug-likeness (QED) is 0.719. The topological polar surface area (TPSA) is 114 Å². The lowest BCUT2D eigenvalue weighted by atomic mass is 10.0. The summed E-state index contributed by atoms with van der Waals surface area (Å²) in [5.74, 6) is -0.0162. The number of hydrogen-bond donors (Lipinski definition) is 2. The van der Waals surface area contributed by atoms with Gasteiger partial charge in [0.1, 0.15) is 16.4 Å². The van der Waals surface area contributed by atoms with Gasteiger partial charge in [-0.3, -0.25) is 0 Å². The highest BCUT2D eigenvalue weighted by Gasteiger charge is 2.48. The van der Waals surface area contributed by atoms with E-state index in [2.05, 4.69) is 15.6 Å². The van der Waals surface area contributed by atoms with E-state index in [1.54, 1.807) is 19.9 Å². The molecule has 1 aromatic heterocycles. The van der Waals surface area contributed by atoms with Gasteiger partial charge >= 0.3 is 6.03 Å². The molecule has 9 nitrogen and oxygen atoms in total. The summed E-state index contributed by atoms with van der Waals surface area (Å²) in [6.45, 7) is 6.82.